The molecule has 1 aliphatic heterocycles. The van der Waals surface area contributed by atoms with Crippen molar-refractivity contribution in [1.82, 2.24) is 0 Å². The molecule has 2 aromatic carbocycles. The van der Waals surface area contributed by atoms with E-state index in [-0.39, 0.29) is 90.1 Å². The molecule has 21 nitrogen and oxygen atoms in total. The first-order valence-electron chi connectivity index (χ1n) is 34.3. The van der Waals surface area contributed by atoms with Crippen molar-refractivity contribution in [2.45, 2.75) is 310 Å². The minimum Gasteiger partial charge on any atom is -0.871 e. The van der Waals surface area contributed by atoms with Crippen molar-refractivity contribution in [1.29, 1.82) is 0 Å². The number of carbonyl (C=O) groups excluding carboxylic acids is 2. The van der Waals surface area contributed by atoms with Crippen molar-refractivity contribution >= 4 is 34.6 Å². The van der Waals surface area contributed by atoms with Crippen LogP contribution in [0.2, 0.25) is 0 Å². The summed E-state index contributed by atoms with van der Waals surface area (Å²) in [5, 5.41) is 124. The first-order valence-corrected chi connectivity index (χ1v) is 34.3. The molecule has 1 aliphatic carbocycles. The van der Waals surface area contributed by atoms with Crippen LogP contribution in [0.15, 0.2) is 36.4 Å². The van der Waals surface area contributed by atoms with Crippen LogP contribution in [0.5, 0.6) is 5.75 Å². The molecule has 11 atom stereocenters. The average molecular weight is 1330 g/mol. The molecular weight excluding hydrogens is 1200 g/mol. The molecule has 0 bridgehead atoms. The molecule has 0 aromatic heterocycles. The number of non-ortho nitro benzene ring substituents is 2. The third-order valence-corrected chi connectivity index (χ3v) is 21.8. The fraction of sp³-hybridized carbons (Fsp3) is 0.803. The van der Waals surface area contributed by atoms with Gasteiger partial charge in [0.1, 0.15) is 22.4 Å². The Balaban J connectivity index is 0.000000790. The van der Waals surface area contributed by atoms with Gasteiger partial charge in [-0.1, -0.05) is 215 Å². The number of nitro benzene ring substituents is 2. The predicted molar refractivity (Wildman–Crippen MR) is 360 cm³/mol. The number of rotatable bonds is 37. The smallest absolute Gasteiger partial charge is 0.871 e. The van der Waals surface area contributed by atoms with E-state index in [1.165, 1.54) is 162 Å². The molecule has 5 unspecified atom stereocenters. The second-order valence-corrected chi connectivity index (χ2v) is 29.2. The Bertz CT molecular complexity index is 2600. The van der Waals surface area contributed by atoms with Gasteiger partial charge >= 0.3 is 29.6 Å². The van der Waals surface area contributed by atoms with Crippen LogP contribution in [0, 0.1) is 48.3 Å². The maximum atomic E-state index is 13.1. The van der Waals surface area contributed by atoms with Gasteiger partial charge in [0.15, 0.2) is 5.79 Å². The van der Waals surface area contributed by atoms with Crippen LogP contribution < -0.4 is 45.3 Å². The molecule has 0 spiro atoms. The summed E-state index contributed by atoms with van der Waals surface area (Å²) in [6.07, 6.45) is 29.8. The average Bonchev–Trinajstić information content (AvgIpc) is 0.701. The standard InChI is InChI=1S/C38H66N2O7.C22H36N2O4.C11H22O6.Na/c1-9-10-11-12-13-14-15-16-17-18-19-20-29(2)33(42)39-32-25-31(40(45)46)22-21-30(32)23-24-47-28-36(6)26-35(5,27-41)37(7,43)34(3,4)38(36,8)44;1-3-4-5-6-7-8-9-10-11-12-13-14-18(2)22(26)23-20-17-19(24(27)28)15-16-21(20)25;1-7(6-12)8(2,13)9(3,14)10(4,15)11(5,16)17-7;/h21-22,25,29,41,43-44H,9-20,23-24,26-28H2,1-8H3,(H,39,42);15-18,25H,3-14H2,1-2H3,(H,23,26);12-16H,6H2,1-5H3;/q;;;+1/p-1/t29?,35?,36-,37+,38-;;7?,8-,9+,10?,11-;/m0.0./s1. The van der Waals surface area contributed by atoms with E-state index in [4.69, 9.17) is 9.47 Å². The van der Waals surface area contributed by atoms with Gasteiger partial charge in [0, 0.05) is 58.0 Å². The van der Waals surface area contributed by atoms with Crippen molar-refractivity contribution in [2.24, 2.45) is 28.1 Å². The summed E-state index contributed by atoms with van der Waals surface area (Å²) < 4.78 is 11.4. The van der Waals surface area contributed by atoms with Crippen molar-refractivity contribution in [2.75, 3.05) is 37.1 Å². The molecule has 0 radical (unpaired) electrons. The molecule has 93 heavy (non-hydrogen) atoms. The van der Waals surface area contributed by atoms with Crippen molar-refractivity contribution < 1.29 is 104 Å². The Morgan fingerprint density at radius 2 is 0.914 bits per heavy atom. The minimum atomic E-state index is -2.11. The second-order valence-electron chi connectivity index (χ2n) is 29.2. The van der Waals surface area contributed by atoms with Gasteiger partial charge in [-0.05, 0) is 79.7 Å². The predicted octanol–water partition coefficient (Wildman–Crippen LogP) is 10.0. The molecular formula is C71H123N4NaO17. The van der Waals surface area contributed by atoms with Crippen LogP contribution >= 0.6 is 0 Å². The zero-order chi connectivity index (χ0) is 70.2. The first-order chi connectivity index (χ1) is 42.6. The van der Waals surface area contributed by atoms with E-state index in [2.05, 4.69) is 24.5 Å². The Morgan fingerprint density at radius 1 is 0.538 bits per heavy atom. The number of hydrogen-bond acceptors (Lipinski definition) is 17. The van der Waals surface area contributed by atoms with Crippen LogP contribution in [0.1, 0.15) is 270 Å². The Kier molecular flexibility index (Phi) is 36.4. The number of anilines is 2. The topological polar surface area (TPSA) is 348 Å². The maximum Gasteiger partial charge on any atom is 1.00 e. The normalized spacial score (nSPS) is 28.7. The molecule has 530 valence electrons. The number of aliphatic hydroxyl groups excluding tert-OH is 2. The van der Waals surface area contributed by atoms with Crippen LogP contribution in [0.25, 0.3) is 0 Å². The molecule has 1 saturated carbocycles. The molecule has 1 heterocycles. The van der Waals surface area contributed by atoms with Crippen molar-refractivity contribution in [3.8, 4) is 5.75 Å². The van der Waals surface area contributed by atoms with E-state index in [1.54, 1.807) is 19.9 Å². The number of hydrogen-bond donors (Lipinski definition) is 10. The molecule has 1 saturated heterocycles. The van der Waals surface area contributed by atoms with E-state index < -0.39 is 77.8 Å². The third-order valence-electron chi connectivity index (χ3n) is 21.8. The molecule has 2 aliphatic rings. The van der Waals surface area contributed by atoms with Crippen molar-refractivity contribution in [3.63, 3.8) is 0 Å². The second kappa shape index (κ2) is 38.7. The zero-order valence-corrected chi connectivity index (χ0v) is 62.0. The summed E-state index contributed by atoms with van der Waals surface area (Å²) in [7, 11) is 0. The Hall–Kier alpha value is -3.42. The maximum absolute atomic E-state index is 13.1. The number of nitro groups is 2. The number of nitrogens with one attached hydrogen (secondary N) is 2. The molecule has 10 N–H and O–H groups in total. The quantitative estimate of drug-likeness (QED) is 0.0130. The number of amides is 2. The van der Waals surface area contributed by atoms with Gasteiger partial charge in [-0.3, -0.25) is 29.8 Å². The minimum absolute atomic E-state index is 0. The van der Waals surface area contributed by atoms with Gasteiger partial charge in [-0.2, -0.15) is 0 Å². The van der Waals surface area contributed by atoms with E-state index in [0.29, 0.717) is 18.5 Å². The van der Waals surface area contributed by atoms with Crippen LogP contribution in [-0.4, -0.2) is 128 Å². The number of benzene rings is 2. The molecule has 22 heteroatoms. The molecule has 4 rings (SSSR count). The van der Waals surface area contributed by atoms with Crippen LogP contribution in [0.3, 0.4) is 0 Å². The third kappa shape index (κ3) is 22.8. The SMILES string of the molecule is CC1(CO)O[C@](C)(O)C(C)(O)[C@](C)(O)[C@@]1(C)O.CCCCCCCCCCCCCC(C)C(=O)Nc1cc([N+](=O)[O-])ccc1CCOC[C@]1(C)CC(C)(CO)[C@](C)(O)C(C)(C)[C@]1(C)O.CCCCCCCCCCCCCC(C)C(=O)Nc1cc([N+](=O)[O-])ccc1[O-].[Na+]. The number of aliphatic hydroxyl groups is 8. The van der Waals surface area contributed by atoms with E-state index in [1.807, 2.05) is 41.5 Å². The van der Waals surface area contributed by atoms with Crippen molar-refractivity contribution in [3.05, 3.63) is 62.2 Å². The Labute approximate surface area is 579 Å². The van der Waals surface area contributed by atoms with Gasteiger partial charge in [-0.25, -0.2) is 0 Å². The summed E-state index contributed by atoms with van der Waals surface area (Å²) in [5.41, 5.74) is -12.2. The van der Waals surface area contributed by atoms with Crippen LogP contribution in [-0.2, 0) is 25.5 Å². The largest absolute Gasteiger partial charge is 1.00 e. The Morgan fingerprint density at radius 3 is 1.31 bits per heavy atom. The van der Waals surface area contributed by atoms with Crippen LogP contribution in [0.4, 0.5) is 22.7 Å². The number of nitrogens with zero attached hydrogens (tertiary/aromatic N) is 2. The van der Waals surface area contributed by atoms with Gasteiger partial charge in [0.2, 0.25) is 11.8 Å². The number of ether oxygens (including phenoxy) is 2. The summed E-state index contributed by atoms with van der Waals surface area (Å²) >= 11 is 0. The summed E-state index contributed by atoms with van der Waals surface area (Å²) in [4.78, 5) is 46.7. The van der Waals surface area contributed by atoms with E-state index in [0.717, 1.165) is 62.3 Å². The summed E-state index contributed by atoms with van der Waals surface area (Å²) in [6, 6.07) is 7.88. The van der Waals surface area contributed by atoms with E-state index in [9.17, 15) is 75.8 Å². The van der Waals surface area contributed by atoms with Gasteiger partial charge in [-0.15, -0.1) is 0 Å². The van der Waals surface area contributed by atoms with Gasteiger partial charge in [0.05, 0.1) is 53.2 Å². The van der Waals surface area contributed by atoms with E-state index >= 15 is 0 Å². The number of carbonyl (C=O) groups is 2. The summed E-state index contributed by atoms with van der Waals surface area (Å²) in [5.74, 6) is -3.38. The molecule has 2 aromatic rings. The van der Waals surface area contributed by atoms with Gasteiger partial charge in [0.25, 0.3) is 11.4 Å². The fourth-order valence-corrected chi connectivity index (χ4v) is 13.1. The summed E-state index contributed by atoms with van der Waals surface area (Å²) in [6.45, 7) is 24.7. The molecule has 2 fully saturated rings. The zero-order valence-electron chi connectivity index (χ0n) is 60.0. The van der Waals surface area contributed by atoms with Gasteiger partial charge < -0.3 is 66.1 Å². The first kappa shape index (κ1) is 87.6. The molecule has 2 amide bonds. The monoisotopic (exact) mass is 1330 g/mol. The number of unbranched alkanes of at least 4 members (excludes halogenated alkanes) is 20. The fourth-order valence-electron chi connectivity index (χ4n) is 13.1.